The number of benzene rings is 2. The van der Waals surface area contributed by atoms with Gasteiger partial charge in [0, 0.05) is 17.7 Å². The highest BCUT2D eigenvalue weighted by Gasteiger charge is 2.23. The van der Waals surface area contributed by atoms with Crippen LogP contribution in [0.5, 0.6) is 5.75 Å². The topological polar surface area (TPSA) is 26.3 Å². The standard InChI is InChI=1S/C22H19F5O2/c1-12-2-4-13(5-3-12)14-6-8-15(9-7-14)19(25)21(27)22(28)29-16-10-17(23)20(26)18(24)11-16/h6-13H,2-5H2,1H3. The Morgan fingerprint density at radius 1 is 0.931 bits per heavy atom. The van der Waals surface area contributed by atoms with Crippen LogP contribution in [0.3, 0.4) is 0 Å². The maximum Gasteiger partial charge on any atom is 0.375 e. The third-order valence-corrected chi connectivity index (χ3v) is 5.19. The number of hydrogen-bond acceptors (Lipinski definition) is 2. The minimum Gasteiger partial charge on any atom is -0.421 e. The predicted octanol–water partition coefficient (Wildman–Crippen LogP) is 6.61. The molecule has 2 nitrogen and oxygen atoms in total. The first-order valence-corrected chi connectivity index (χ1v) is 9.28. The molecule has 0 spiro atoms. The lowest BCUT2D eigenvalue weighted by Gasteiger charge is -2.26. The van der Waals surface area contributed by atoms with Gasteiger partial charge in [0.05, 0.1) is 0 Å². The van der Waals surface area contributed by atoms with E-state index < -0.39 is 40.8 Å². The minimum atomic E-state index is -1.85. The summed E-state index contributed by atoms with van der Waals surface area (Å²) in [5.74, 6) is -9.82. The van der Waals surface area contributed by atoms with Crippen molar-refractivity contribution in [1.82, 2.24) is 0 Å². The lowest BCUT2D eigenvalue weighted by Crippen LogP contribution is -2.11. The largest absolute Gasteiger partial charge is 0.421 e. The molecular weight excluding hydrogens is 391 g/mol. The van der Waals surface area contributed by atoms with Crippen LogP contribution in [-0.4, -0.2) is 5.97 Å². The highest BCUT2D eigenvalue weighted by Crippen LogP contribution is 2.36. The first-order chi connectivity index (χ1) is 13.8. The van der Waals surface area contributed by atoms with Gasteiger partial charge < -0.3 is 4.74 Å². The smallest absolute Gasteiger partial charge is 0.375 e. The van der Waals surface area contributed by atoms with Crippen molar-refractivity contribution in [3.63, 3.8) is 0 Å². The number of halogens is 5. The van der Waals surface area contributed by atoms with Crippen LogP contribution in [0.2, 0.25) is 0 Å². The summed E-state index contributed by atoms with van der Waals surface area (Å²) in [5.41, 5.74) is 0.859. The van der Waals surface area contributed by atoms with E-state index in [1.807, 2.05) is 0 Å². The van der Waals surface area contributed by atoms with Crippen molar-refractivity contribution >= 4 is 11.8 Å². The van der Waals surface area contributed by atoms with E-state index >= 15 is 0 Å². The molecule has 1 aliphatic rings. The molecule has 0 N–H and O–H groups in total. The molecule has 154 valence electrons. The van der Waals surface area contributed by atoms with Gasteiger partial charge in [-0.2, -0.15) is 4.39 Å². The fourth-order valence-electron chi connectivity index (χ4n) is 3.45. The van der Waals surface area contributed by atoms with Crippen LogP contribution in [0.25, 0.3) is 5.83 Å². The molecule has 0 amide bonds. The molecule has 2 aromatic rings. The number of carbonyl (C=O) groups excluding carboxylic acids is 1. The van der Waals surface area contributed by atoms with Gasteiger partial charge in [-0.1, -0.05) is 44.0 Å². The summed E-state index contributed by atoms with van der Waals surface area (Å²) >= 11 is 0. The fraction of sp³-hybridized carbons (Fsp3) is 0.318. The molecule has 0 radical (unpaired) electrons. The monoisotopic (exact) mass is 410 g/mol. The van der Waals surface area contributed by atoms with Gasteiger partial charge in [-0.05, 0) is 30.2 Å². The Morgan fingerprint density at radius 3 is 2.03 bits per heavy atom. The second kappa shape index (κ2) is 8.76. The summed E-state index contributed by atoms with van der Waals surface area (Å²) in [6.07, 6.45) is 4.30. The van der Waals surface area contributed by atoms with Crippen LogP contribution in [0, 0.1) is 23.4 Å². The molecule has 0 unspecified atom stereocenters. The van der Waals surface area contributed by atoms with Crippen molar-refractivity contribution in [2.24, 2.45) is 5.92 Å². The van der Waals surface area contributed by atoms with Crippen LogP contribution in [0.15, 0.2) is 42.2 Å². The van der Waals surface area contributed by atoms with E-state index in [0.29, 0.717) is 24.0 Å². The molecule has 0 heterocycles. The predicted molar refractivity (Wildman–Crippen MR) is 97.9 cm³/mol. The molecule has 0 bridgehead atoms. The SMILES string of the molecule is CC1CCC(c2ccc(C(F)=C(F)C(=O)Oc3cc(F)c(F)c(F)c3)cc2)CC1. The van der Waals surface area contributed by atoms with E-state index in [1.165, 1.54) is 12.1 Å². The van der Waals surface area contributed by atoms with Gasteiger partial charge in [0.25, 0.3) is 0 Å². The Morgan fingerprint density at radius 2 is 1.48 bits per heavy atom. The number of hydrogen-bond donors (Lipinski definition) is 0. The van der Waals surface area contributed by atoms with Crippen molar-refractivity contribution in [2.75, 3.05) is 0 Å². The van der Waals surface area contributed by atoms with Gasteiger partial charge in [-0.3, -0.25) is 0 Å². The van der Waals surface area contributed by atoms with Crippen LogP contribution in [0.1, 0.15) is 49.7 Å². The Labute approximate surface area is 165 Å². The summed E-state index contributed by atoms with van der Waals surface area (Å²) in [5, 5.41) is 0. The first kappa shape index (κ1) is 21.0. The molecule has 2 aromatic carbocycles. The van der Waals surface area contributed by atoms with Crippen molar-refractivity contribution in [2.45, 2.75) is 38.5 Å². The van der Waals surface area contributed by atoms with Crippen molar-refractivity contribution in [3.05, 3.63) is 70.8 Å². The zero-order chi connectivity index (χ0) is 21.1. The van der Waals surface area contributed by atoms with E-state index in [4.69, 9.17) is 0 Å². The van der Waals surface area contributed by atoms with E-state index in [1.54, 1.807) is 12.1 Å². The van der Waals surface area contributed by atoms with E-state index in [-0.39, 0.29) is 5.56 Å². The van der Waals surface area contributed by atoms with Crippen LogP contribution in [-0.2, 0) is 4.79 Å². The van der Waals surface area contributed by atoms with Crippen molar-refractivity contribution in [3.8, 4) is 5.75 Å². The number of rotatable bonds is 4. The second-order valence-electron chi connectivity index (χ2n) is 7.30. The number of ether oxygens (including phenoxy) is 1. The lowest BCUT2D eigenvalue weighted by molar-refractivity contribution is -0.131. The summed E-state index contributed by atoms with van der Waals surface area (Å²) < 4.78 is 72.0. The van der Waals surface area contributed by atoms with Gasteiger partial charge in [0.2, 0.25) is 5.83 Å². The molecule has 0 saturated heterocycles. The summed E-state index contributed by atoms with van der Waals surface area (Å²) in [4.78, 5) is 11.7. The molecule has 3 rings (SSSR count). The second-order valence-corrected chi connectivity index (χ2v) is 7.30. The van der Waals surface area contributed by atoms with Crippen LogP contribution in [0.4, 0.5) is 22.0 Å². The van der Waals surface area contributed by atoms with Gasteiger partial charge in [0.15, 0.2) is 23.3 Å². The molecule has 0 aliphatic heterocycles. The number of carbonyl (C=O) groups is 1. The van der Waals surface area contributed by atoms with Crippen LogP contribution < -0.4 is 4.74 Å². The molecular formula is C22H19F5O2. The molecule has 0 aromatic heterocycles. The van der Waals surface area contributed by atoms with E-state index in [2.05, 4.69) is 11.7 Å². The Balaban J connectivity index is 1.73. The Kier molecular flexibility index (Phi) is 6.35. The highest BCUT2D eigenvalue weighted by molar-refractivity contribution is 5.94. The summed E-state index contributed by atoms with van der Waals surface area (Å²) in [6, 6.07) is 6.85. The molecule has 0 atom stereocenters. The number of esters is 1. The zero-order valence-corrected chi connectivity index (χ0v) is 15.7. The highest BCUT2D eigenvalue weighted by atomic mass is 19.2. The summed E-state index contributed by atoms with van der Waals surface area (Å²) in [6.45, 7) is 2.20. The van der Waals surface area contributed by atoms with Gasteiger partial charge in [-0.25, -0.2) is 22.4 Å². The van der Waals surface area contributed by atoms with E-state index in [9.17, 15) is 26.7 Å². The van der Waals surface area contributed by atoms with Gasteiger partial charge in [-0.15, -0.1) is 0 Å². The van der Waals surface area contributed by atoms with Crippen molar-refractivity contribution in [1.29, 1.82) is 0 Å². The third-order valence-electron chi connectivity index (χ3n) is 5.19. The molecule has 1 aliphatic carbocycles. The fourth-order valence-corrected chi connectivity index (χ4v) is 3.45. The van der Waals surface area contributed by atoms with Gasteiger partial charge in [0.1, 0.15) is 5.75 Å². The van der Waals surface area contributed by atoms with E-state index in [0.717, 1.165) is 31.2 Å². The first-order valence-electron chi connectivity index (χ1n) is 9.28. The Hall–Kier alpha value is -2.70. The maximum atomic E-state index is 14.3. The average Bonchev–Trinajstić information content (AvgIpc) is 2.71. The van der Waals surface area contributed by atoms with Gasteiger partial charge >= 0.3 is 5.97 Å². The molecule has 1 fully saturated rings. The maximum absolute atomic E-state index is 14.3. The third kappa shape index (κ3) is 4.83. The minimum absolute atomic E-state index is 0.163. The molecule has 7 heteroatoms. The lowest BCUT2D eigenvalue weighted by atomic mass is 9.79. The summed E-state index contributed by atoms with van der Waals surface area (Å²) in [7, 11) is 0. The normalized spacial score (nSPS) is 20.2. The molecule has 29 heavy (non-hydrogen) atoms. The zero-order valence-electron chi connectivity index (χ0n) is 15.7. The molecule has 1 saturated carbocycles. The quantitative estimate of drug-likeness (QED) is 0.186. The van der Waals surface area contributed by atoms with Crippen LogP contribution >= 0.6 is 0 Å². The average molecular weight is 410 g/mol. The Bertz CT molecular complexity index is 906. The van der Waals surface area contributed by atoms with Crippen molar-refractivity contribution < 1.29 is 31.5 Å².